The zero-order valence-corrected chi connectivity index (χ0v) is 11.6. The van der Waals surface area contributed by atoms with Crippen LogP contribution in [-0.2, 0) is 7.05 Å². The monoisotopic (exact) mass is 270 g/mol. The van der Waals surface area contributed by atoms with Gasteiger partial charge in [-0.25, -0.2) is 0 Å². The molecule has 0 N–H and O–H groups in total. The van der Waals surface area contributed by atoms with Crippen molar-refractivity contribution in [2.45, 2.75) is 18.8 Å². The fraction of sp³-hybridized carbons (Fsp3) is 0.400. The third-order valence-electron chi connectivity index (χ3n) is 3.87. The number of carbonyl (C=O) groups is 1. The van der Waals surface area contributed by atoms with E-state index in [-0.39, 0.29) is 5.91 Å². The first-order valence-corrected chi connectivity index (χ1v) is 6.92. The quantitative estimate of drug-likeness (QED) is 0.836. The summed E-state index contributed by atoms with van der Waals surface area (Å²) >= 11 is 0. The number of aryl methyl sites for hydroxylation is 1. The van der Waals surface area contributed by atoms with Crippen molar-refractivity contribution in [1.29, 1.82) is 0 Å². The molecule has 1 fully saturated rings. The maximum absolute atomic E-state index is 12.5. The lowest BCUT2D eigenvalue weighted by Crippen LogP contribution is -2.40. The van der Waals surface area contributed by atoms with E-state index in [2.05, 4.69) is 9.97 Å². The lowest BCUT2D eigenvalue weighted by atomic mass is 9.95. The minimum absolute atomic E-state index is 0.103. The number of carbonyl (C=O) groups excluding carboxylic acids is 1. The summed E-state index contributed by atoms with van der Waals surface area (Å²) in [6.45, 7) is 1.55. The smallest absolute Gasteiger partial charge is 0.270 e. The minimum atomic E-state index is 0.103. The standard InChI is InChI=1S/C15H18N4O/c1-18-8-3-5-14(18)15(20)19-9-2-4-12(11-19)13-10-16-6-7-17-13/h3,5-8,10,12H,2,4,9,11H2,1H3. The third kappa shape index (κ3) is 2.43. The van der Waals surface area contributed by atoms with Gasteiger partial charge in [0.2, 0.25) is 0 Å². The van der Waals surface area contributed by atoms with Crippen molar-refractivity contribution in [3.05, 3.63) is 48.3 Å². The van der Waals surface area contributed by atoms with Crippen LogP contribution < -0.4 is 0 Å². The topological polar surface area (TPSA) is 51.0 Å². The molecule has 0 saturated carbocycles. The van der Waals surface area contributed by atoms with Crippen LogP contribution in [0, 0.1) is 0 Å². The molecule has 1 atom stereocenters. The van der Waals surface area contributed by atoms with Crippen LogP contribution in [0.2, 0.25) is 0 Å². The molecule has 5 heteroatoms. The molecular weight excluding hydrogens is 252 g/mol. The van der Waals surface area contributed by atoms with Crippen LogP contribution in [0.5, 0.6) is 0 Å². The van der Waals surface area contributed by atoms with Gasteiger partial charge in [0.15, 0.2) is 0 Å². The number of hydrogen-bond acceptors (Lipinski definition) is 3. The van der Waals surface area contributed by atoms with E-state index in [1.807, 2.05) is 34.8 Å². The number of hydrogen-bond donors (Lipinski definition) is 0. The number of amides is 1. The summed E-state index contributed by atoms with van der Waals surface area (Å²) in [5.41, 5.74) is 1.72. The molecule has 1 saturated heterocycles. The van der Waals surface area contributed by atoms with E-state index >= 15 is 0 Å². The first-order chi connectivity index (χ1) is 9.75. The van der Waals surface area contributed by atoms with E-state index in [1.54, 1.807) is 18.6 Å². The highest BCUT2D eigenvalue weighted by molar-refractivity contribution is 5.92. The van der Waals surface area contributed by atoms with Gasteiger partial charge in [0.25, 0.3) is 5.91 Å². The molecule has 104 valence electrons. The van der Waals surface area contributed by atoms with Gasteiger partial charge >= 0.3 is 0 Å². The van der Waals surface area contributed by atoms with Gasteiger partial charge in [-0.15, -0.1) is 0 Å². The van der Waals surface area contributed by atoms with Crippen molar-refractivity contribution in [3.63, 3.8) is 0 Å². The number of rotatable bonds is 2. The summed E-state index contributed by atoms with van der Waals surface area (Å²) in [4.78, 5) is 23.0. The van der Waals surface area contributed by atoms with Gasteiger partial charge in [0.05, 0.1) is 5.69 Å². The summed E-state index contributed by atoms with van der Waals surface area (Å²) in [5.74, 6) is 0.396. The molecule has 1 amide bonds. The molecule has 0 aliphatic carbocycles. The molecule has 20 heavy (non-hydrogen) atoms. The zero-order chi connectivity index (χ0) is 13.9. The van der Waals surface area contributed by atoms with Gasteiger partial charge in [0, 0.05) is 50.8 Å². The van der Waals surface area contributed by atoms with Crippen LogP contribution in [0.3, 0.4) is 0 Å². The molecule has 1 aliphatic heterocycles. The molecule has 2 aromatic heterocycles. The van der Waals surface area contributed by atoms with Crippen LogP contribution in [0.25, 0.3) is 0 Å². The Morgan fingerprint density at radius 1 is 1.40 bits per heavy atom. The predicted molar refractivity (Wildman–Crippen MR) is 75.3 cm³/mol. The molecule has 0 radical (unpaired) electrons. The van der Waals surface area contributed by atoms with Crippen LogP contribution in [0.1, 0.15) is 34.9 Å². The summed E-state index contributed by atoms with van der Waals surface area (Å²) in [6.07, 6.45) is 9.18. The van der Waals surface area contributed by atoms with Gasteiger partial charge < -0.3 is 9.47 Å². The number of nitrogens with zero attached hydrogens (tertiary/aromatic N) is 4. The maximum atomic E-state index is 12.5. The number of likely N-dealkylation sites (tertiary alicyclic amines) is 1. The van der Waals surface area contributed by atoms with E-state index in [0.717, 1.165) is 37.3 Å². The van der Waals surface area contributed by atoms with E-state index < -0.39 is 0 Å². The largest absolute Gasteiger partial charge is 0.347 e. The fourth-order valence-electron chi connectivity index (χ4n) is 2.77. The van der Waals surface area contributed by atoms with Crippen molar-refractivity contribution in [2.24, 2.45) is 7.05 Å². The average Bonchev–Trinajstić information content (AvgIpc) is 2.94. The SMILES string of the molecule is Cn1cccc1C(=O)N1CCCC(c2cnccn2)C1. The molecule has 3 heterocycles. The molecule has 3 rings (SSSR count). The Bertz CT molecular complexity index is 593. The summed E-state index contributed by atoms with van der Waals surface area (Å²) in [6, 6.07) is 3.77. The lowest BCUT2D eigenvalue weighted by Gasteiger charge is -2.32. The van der Waals surface area contributed by atoms with Gasteiger partial charge in [0.1, 0.15) is 5.69 Å². The Morgan fingerprint density at radius 2 is 2.30 bits per heavy atom. The van der Waals surface area contributed by atoms with Crippen molar-refractivity contribution >= 4 is 5.91 Å². The van der Waals surface area contributed by atoms with Gasteiger partial charge in [-0.2, -0.15) is 0 Å². The molecule has 0 spiro atoms. The highest BCUT2D eigenvalue weighted by atomic mass is 16.2. The second-order valence-corrected chi connectivity index (χ2v) is 5.22. The van der Waals surface area contributed by atoms with Crippen LogP contribution in [0.4, 0.5) is 0 Å². The van der Waals surface area contributed by atoms with E-state index in [0.29, 0.717) is 5.92 Å². The lowest BCUT2D eigenvalue weighted by molar-refractivity contribution is 0.0696. The van der Waals surface area contributed by atoms with Gasteiger partial charge in [-0.05, 0) is 25.0 Å². The van der Waals surface area contributed by atoms with Crippen LogP contribution >= 0.6 is 0 Å². The van der Waals surface area contributed by atoms with Crippen molar-refractivity contribution < 1.29 is 4.79 Å². The van der Waals surface area contributed by atoms with Crippen molar-refractivity contribution in [1.82, 2.24) is 19.4 Å². The highest BCUT2D eigenvalue weighted by Gasteiger charge is 2.27. The number of piperidine rings is 1. The van der Waals surface area contributed by atoms with E-state index in [1.165, 1.54) is 0 Å². The predicted octanol–water partition coefficient (Wildman–Crippen LogP) is 1.83. The molecule has 2 aromatic rings. The molecule has 1 unspecified atom stereocenters. The second-order valence-electron chi connectivity index (χ2n) is 5.22. The maximum Gasteiger partial charge on any atom is 0.270 e. The van der Waals surface area contributed by atoms with Crippen LogP contribution in [-0.4, -0.2) is 38.4 Å². The minimum Gasteiger partial charge on any atom is -0.347 e. The molecule has 0 aromatic carbocycles. The summed E-state index contributed by atoms with van der Waals surface area (Å²) in [5, 5.41) is 0. The van der Waals surface area contributed by atoms with Crippen LogP contribution in [0.15, 0.2) is 36.9 Å². The molecule has 0 bridgehead atoms. The molecule has 5 nitrogen and oxygen atoms in total. The number of aromatic nitrogens is 3. The molecule has 1 aliphatic rings. The van der Waals surface area contributed by atoms with Crippen molar-refractivity contribution in [2.75, 3.05) is 13.1 Å². The Hall–Kier alpha value is -2.17. The highest BCUT2D eigenvalue weighted by Crippen LogP contribution is 2.25. The third-order valence-corrected chi connectivity index (χ3v) is 3.87. The van der Waals surface area contributed by atoms with Crippen molar-refractivity contribution in [3.8, 4) is 0 Å². The zero-order valence-electron chi connectivity index (χ0n) is 11.6. The van der Waals surface area contributed by atoms with Gasteiger partial charge in [-0.1, -0.05) is 0 Å². The first kappa shape index (κ1) is 12.8. The van der Waals surface area contributed by atoms with E-state index in [9.17, 15) is 4.79 Å². The summed E-state index contributed by atoms with van der Waals surface area (Å²) < 4.78 is 1.87. The second kappa shape index (κ2) is 5.45. The Balaban J connectivity index is 1.76. The Morgan fingerprint density at radius 3 is 3.00 bits per heavy atom. The molecular formula is C15H18N4O. The van der Waals surface area contributed by atoms with Gasteiger partial charge in [-0.3, -0.25) is 14.8 Å². The summed E-state index contributed by atoms with van der Waals surface area (Å²) in [7, 11) is 1.90. The normalized spacial score (nSPS) is 19.1. The Kier molecular flexibility index (Phi) is 3.50. The fourth-order valence-corrected chi connectivity index (χ4v) is 2.77. The first-order valence-electron chi connectivity index (χ1n) is 6.92. The Labute approximate surface area is 118 Å². The van der Waals surface area contributed by atoms with E-state index in [4.69, 9.17) is 0 Å². The average molecular weight is 270 g/mol.